The van der Waals surface area contributed by atoms with Gasteiger partial charge in [-0.3, -0.25) is 9.52 Å². The summed E-state index contributed by atoms with van der Waals surface area (Å²) >= 11 is 0. The molecule has 0 bridgehead atoms. The lowest BCUT2D eigenvalue weighted by atomic mass is 10.2. The van der Waals surface area contributed by atoms with Crippen LogP contribution in [0.15, 0.2) is 53.4 Å². The van der Waals surface area contributed by atoms with E-state index in [1.54, 1.807) is 26.2 Å². The maximum atomic E-state index is 12.6. The molecule has 0 saturated carbocycles. The zero-order valence-electron chi connectivity index (χ0n) is 16.0. The summed E-state index contributed by atoms with van der Waals surface area (Å²) in [6.45, 7) is 1.45. The number of likely N-dealkylation sites (N-methyl/N-ethyl adjacent to an activating group) is 1. The molecule has 1 N–H and O–H groups in total. The van der Waals surface area contributed by atoms with E-state index in [9.17, 15) is 18.0 Å². The maximum Gasteiger partial charge on any atom is 0.341 e. The Morgan fingerprint density at radius 3 is 2.21 bits per heavy atom. The molecule has 0 aromatic heterocycles. The Labute approximate surface area is 164 Å². The molecule has 1 atom stereocenters. The molecule has 150 valence electrons. The first-order chi connectivity index (χ1) is 13.2. The molecule has 0 saturated heterocycles. The lowest BCUT2D eigenvalue weighted by Gasteiger charge is -2.18. The van der Waals surface area contributed by atoms with Crippen molar-refractivity contribution >= 4 is 27.6 Å². The van der Waals surface area contributed by atoms with Crippen LogP contribution in [0.4, 0.5) is 5.69 Å². The van der Waals surface area contributed by atoms with Crippen LogP contribution in [0.5, 0.6) is 5.75 Å². The Hall–Kier alpha value is -3.07. The standard InChI is InChI=1S/C19H22N2O6S/c1-13(18(22)21(2)3)27-19(23)16-7-5-6-8-17(16)20-28(24,25)15-11-9-14(26-4)10-12-15/h5-13,20H,1-4H3/t13-/m1/s1. The molecule has 0 aliphatic heterocycles. The summed E-state index contributed by atoms with van der Waals surface area (Å²) in [5.41, 5.74) is 0.0470. The van der Waals surface area contributed by atoms with Gasteiger partial charge in [-0.05, 0) is 43.3 Å². The number of sulfonamides is 1. The van der Waals surface area contributed by atoms with Crippen LogP contribution >= 0.6 is 0 Å². The number of ether oxygens (including phenoxy) is 2. The summed E-state index contributed by atoms with van der Waals surface area (Å²) in [7, 11) is 0.627. The number of anilines is 1. The number of hydrogen-bond donors (Lipinski definition) is 1. The normalized spacial score (nSPS) is 12.0. The van der Waals surface area contributed by atoms with Crippen LogP contribution in [0.25, 0.3) is 0 Å². The smallest absolute Gasteiger partial charge is 0.341 e. The molecular formula is C19H22N2O6S. The van der Waals surface area contributed by atoms with Crippen LogP contribution in [0.1, 0.15) is 17.3 Å². The molecule has 0 aliphatic rings. The summed E-state index contributed by atoms with van der Waals surface area (Å²) in [6.07, 6.45) is -1.01. The van der Waals surface area contributed by atoms with E-state index in [1.165, 1.54) is 55.3 Å². The largest absolute Gasteiger partial charge is 0.497 e. The molecular weight excluding hydrogens is 384 g/mol. The molecule has 1 amide bonds. The SMILES string of the molecule is COc1ccc(S(=O)(=O)Nc2ccccc2C(=O)O[C@H](C)C(=O)N(C)C)cc1. The summed E-state index contributed by atoms with van der Waals surface area (Å²) in [4.78, 5) is 25.7. The van der Waals surface area contributed by atoms with E-state index in [-0.39, 0.29) is 22.1 Å². The minimum atomic E-state index is -3.94. The molecule has 0 radical (unpaired) electrons. The van der Waals surface area contributed by atoms with Gasteiger partial charge in [-0.15, -0.1) is 0 Å². The van der Waals surface area contributed by atoms with Gasteiger partial charge in [0.15, 0.2) is 6.10 Å². The molecule has 2 aromatic carbocycles. The number of amides is 1. The van der Waals surface area contributed by atoms with Gasteiger partial charge in [0, 0.05) is 14.1 Å². The maximum absolute atomic E-state index is 12.6. The van der Waals surface area contributed by atoms with Gasteiger partial charge in [0.05, 0.1) is 23.3 Å². The zero-order chi connectivity index (χ0) is 20.9. The monoisotopic (exact) mass is 406 g/mol. The van der Waals surface area contributed by atoms with Crippen LogP contribution in [-0.4, -0.2) is 52.5 Å². The number of carbonyl (C=O) groups is 2. The van der Waals surface area contributed by atoms with E-state index in [0.717, 1.165) is 0 Å². The first kappa shape index (κ1) is 21.2. The summed E-state index contributed by atoms with van der Waals surface area (Å²) in [5, 5.41) is 0. The van der Waals surface area contributed by atoms with Crippen LogP contribution < -0.4 is 9.46 Å². The summed E-state index contributed by atoms with van der Waals surface area (Å²) in [5.74, 6) is -0.678. The van der Waals surface area contributed by atoms with Crippen molar-refractivity contribution in [3.63, 3.8) is 0 Å². The van der Waals surface area contributed by atoms with Gasteiger partial charge in [0.25, 0.3) is 15.9 Å². The highest BCUT2D eigenvalue weighted by Gasteiger charge is 2.24. The van der Waals surface area contributed by atoms with Crippen LogP contribution in [-0.2, 0) is 19.6 Å². The fourth-order valence-corrected chi connectivity index (χ4v) is 3.43. The number of esters is 1. The topological polar surface area (TPSA) is 102 Å². The quantitative estimate of drug-likeness (QED) is 0.707. The van der Waals surface area contributed by atoms with E-state index >= 15 is 0 Å². The van der Waals surface area contributed by atoms with Gasteiger partial charge in [0.2, 0.25) is 0 Å². The average molecular weight is 406 g/mol. The van der Waals surface area contributed by atoms with Crippen molar-refractivity contribution in [2.75, 3.05) is 25.9 Å². The number of hydrogen-bond acceptors (Lipinski definition) is 6. The average Bonchev–Trinajstić information content (AvgIpc) is 2.67. The molecule has 28 heavy (non-hydrogen) atoms. The second kappa shape index (κ2) is 8.75. The first-order valence-corrected chi connectivity index (χ1v) is 9.82. The zero-order valence-corrected chi connectivity index (χ0v) is 16.8. The Bertz CT molecular complexity index is 955. The lowest BCUT2D eigenvalue weighted by molar-refractivity contribution is -0.137. The Morgan fingerprint density at radius 1 is 1.04 bits per heavy atom. The van der Waals surface area contributed by atoms with Crippen molar-refractivity contribution in [1.29, 1.82) is 0 Å². The minimum absolute atomic E-state index is 0.00186. The van der Waals surface area contributed by atoms with Crippen LogP contribution in [0.2, 0.25) is 0 Å². The number of nitrogens with zero attached hydrogens (tertiary/aromatic N) is 1. The van der Waals surface area contributed by atoms with E-state index in [2.05, 4.69) is 4.72 Å². The van der Waals surface area contributed by atoms with Crippen molar-refractivity contribution in [3.8, 4) is 5.75 Å². The molecule has 2 rings (SSSR count). The number of carbonyl (C=O) groups excluding carboxylic acids is 2. The van der Waals surface area contributed by atoms with Gasteiger partial charge >= 0.3 is 5.97 Å². The van der Waals surface area contributed by atoms with Gasteiger partial charge in [-0.1, -0.05) is 12.1 Å². The molecule has 0 unspecified atom stereocenters. The summed E-state index contributed by atoms with van der Waals surface area (Å²) < 4.78 is 37.8. The predicted molar refractivity (Wildman–Crippen MR) is 104 cm³/mol. The highest BCUT2D eigenvalue weighted by atomic mass is 32.2. The molecule has 0 spiro atoms. The van der Waals surface area contributed by atoms with Gasteiger partial charge in [-0.25, -0.2) is 13.2 Å². The third-order valence-electron chi connectivity index (χ3n) is 3.83. The van der Waals surface area contributed by atoms with Crippen molar-refractivity contribution < 1.29 is 27.5 Å². The van der Waals surface area contributed by atoms with Crippen LogP contribution in [0.3, 0.4) is 0 Å². The third kappa shape index (κ3) is 5.01. The van der Waals surface area contributed by atoms with E-state index in [4.69, 9.17) is 9.47 Å². The van der Waals surface area contributed by atoms with E-state index in [0.29, 0.717) is 5.75 Å². The highest BCUT2D eigenvalue weighted by Crippen LogP contribution is 2.23. The van der Waals surface area contributed by atoms with Gasteiger partial charge in [-0.2, -0.15) is 0 Å². The van der Waals surface area contributed by atoms with E-state index in [1.807, 2.05) is 0 Å². The first-order valence-electron chi connectivity index (χ1n) is 8.33. The fraction of sp³-hybridized carbons (Fsp3) is 0.263. The second-order valence-electron chi connectivity index (χ2n) is 6.11. The fourth-order valence-electron chi connectivity index (χ4n) is 2.35. The molecule has 0 fully saturated rings. The minimum Gasteiger partial charge on any atom is -0.497 e. The molecule has 0 aliphatic carbocycles. The van der Waals surface area contributed by atoms with Crippen molar-refractivity contribution in [2.24, 2.45) is 0 Å². The number of nitrogens with one attached hydrogen (secondary N) is 1. The molecule has 9 heteroatoms. The number of methoxy groups -OCH3 is 1. The van der Waals surface area contributed by atoms with E-state index < -0.39 is 22.1 Å². The molecule has 0 heterocycles. The second-order valence-corrected chi connectivity index (χ2v) is 7.79. The third-order valence-corrected chi connectivity index (χ3v) is 5.21. The number of benzene rings is 2. The van der Waals surface area contributed by atoms with Crippen molar-refractivity contribution in [1.82, 2.24) is 4.90 Å². The van der Waals surface area contributed by atoms with Gasteiger partial charge < -0.3 is 14.4 Å². The number of rotatable bonds is 7. The predicted octanol–water partition coefficient (Wildman–Crippen LogP) is 2.13. The Kier molecular flexibility index (Phi) is 6.63. The van der Waals surface area contributed by atoms with Crippen LogP contribution in [0, 0.1) is 0 Å². The number of para-hydroxylation sites is 1. The van der Waals surface area contributed by atoms with Gasteiger partial charge in [0.1, 0.15) is 5.75 Å². The molecule has 8 nitrogen and oxygen atoms in total. The Balaban J connectivity index is 2.25. The van der Waals surface area contributed by atoms with Crippen molar-refractivity contribution in [3.05, 3.63) is 54.1 Å². The Morgan fingerprint density at radius 2 is 1.64 bits per heavy atom. The van der Waals surface area contributed by atoms with Crippen molar-refractivity contribution in [2.45, 2.75) is 17.9 Å². The molecule has 2 aromatic rings. The lowest BCUT2D eigenvalue weighted by Crippen LogP contribution is -2.35. The summed E-state index contributed by atoms with van der Waals surface area (Å²) in [6, 6.07) is 11.8. The highest BCUT2D eigenvalue weighted by molar-refractivity contribution is 7.92.